The van der Waals surface area contributed by atoms with E-state index in [0.29, 0.717) is 17.9 Å². The molecule has 3 atom stereocenters. The molecule has 3 aliphatic rings. The number of allylic oxidation sites excluding steroid dienone is 3. The van der Waals surface area contributed by atoms with Gasteiger partial charge in [0.25, 0.3) is 0 Å². The monoisotopic (exact) mass is 769 g/mol. The van der Waals surface area contributed by atoms with Gasteiger partial charge in [0, 0.05) is 36.4 Å². The Bertz CT molecular complexity index is 1640. The Kier molecular flexibility index (Phi) is 24.8. The van der Waals surface area contributed by atoms with Gasteiger partial charge in [-0.25, -0.2) is 4.98 Å². The highest BCUT2D eigenvalue weighted by atomic mass is 16.1. The second-order valence-electron chi connectivity index (χ2n) is 15.8. The van der Waals surface area contributed by atoms with Gasteiger partial charge in [0.1, 0.15) is 13.6 Å². The SMILES string of the molecule is C#CN.C/C=C(\N=C(C)c1cc(C)c2ccc(CC)c(C)c2n1)C(C)C.C=C1NC2C[C@H]2/C=C\CCCCN(C)C(=C)NC1CCC.C=O.C=O.CC1(C)CC1. The Morgan fingerprint density at radius 2 is 1.73 bits per heavy atom. The molecule has 4 N–H and O–H groups in total. The Morgan fingerprint density at radius 1 is 1.12 bits per heavy atom. The molecule has 2 aliphatic carbocycles. The van der Waals surface area contributed by atoms with Crippen LogP contribution in [0.5, 0.6) is 0 Å². The quantitative estimate of drug-likeness (QED) is 0.116. The van der Waals surface area contributed by atoms with Crippen LogP contribution in [-0.2, 0) is 16.0 Å². The average molecular weight is 769 g/mol. The van der Waals surface area contributed by atoms with E-state index in [1.807, 2.05) is 20.5 Å². The van der Waals surface area contributed by atoms with Crippen molar-refractivity contribution in [3.63, 3.8) is 0 Å². The van der Waals surface area contributed by atoms with Crippen LogP contribution in [0.3, 0.4) is 0 Å². The van der Waals surface area contributed by atoms with Crippen LogP contribution in [0.25, 0.3) is 10.9 Å². The standard InChI is InChI=1S/C21H28N2.C18H31N3.C5H10.C2H3N.2CH2O/c1-8-17-10-11-18-14(5)12-20(23-21(18)15(17)6)16(7)22-19(9-2)13(3)4;1-5-10-17-14(2)19-18-13-16(18)11-8-6-7-9-12-21(4)15(3)20-17;1-5(2)3-4-5;1-2-3;2*1-2/h9-13H,8H2,1-7H3;8,11,16-20H,2-3,5-7,9-10,12-13H2,1,4H3;3-4H2,1-2H3;1H,3H2;2*1H2/b19-9-,22-16?;11-8-;;;;/t;16-,17?,18?;;;;/m.1..../s1. The Balaban J connectivity index is 0.000000841. The maximum absolute atomic E-state index is 8.00. The lowest BCUT2D eigenvalue weighted by Gasteiger charge is -2.29. The predicted octanol–water partition coefficient (Wildman–Crippen LogP) is 10.1. The summed E-state index contributed by atoms with van der Waals surface area (Å²) in [5.74, 6) is 2.14. The fourth-order valence-corrected chi connectivity index (χ4v) is 6.12. The molecule has 2 heterocycles. The number of terminal acetylenes is 1. The van der Waals surface area contributed by atoms with Crippen LogP contribution in [0.15, 0.2) is 71.8 Å². The van der Waals surface area contributed by atoms with Gasteiger partial charge in [-0.15, -0.1) is 0 Å². The molecule has 1 aliphatic heterocycles. The summed E-state index contributed by atoms with van der Waals surface area (Å²) in [6.45, 7) is 35.3. The number of aromatic nitrogens is 1. The average Bonchev–Trinajstić information content (AvgIpc) is 4.10. The van der Waals surface area contributed by atoms with E-state index < -0.39 is 0 Å². The van der Waals surface area contributed by atoms with Crippen LogP contribution < -0.4 is 16.4 Å². The number of nitrogens with one attached hydrogen (secondary N) is 2. The lowest BCUT2D eigenvalue weighted by atomic mass is 9.99. The number of benzene rings is 1. The summed E-state index contributed by atoms with van der Waals surface area (Å²) in [6, 6.07) is 9.19. The third-order valence-corrected chi connectivity index (χ3v) is 10.2. The molecule has 1 aromatic heterocycles. The number of hydrogen-bond acceptors (Lipinski definition) is 8. The molecule has 0 amide bonds. The number of fused-ring (bicyclic) bond motifs is 2. The van der Waals surface area contributed by atoms with Crippen LogP contribution in [-0.4, -0.2) is 54.8 Å². The molecular formula is C48H76N6O2. The fourth-order valence-electron chi connectivity index (χ4n) is 6.12. The molecule has 5 rings (SSSR count). The third kappa shape index (κ3) is 18.3. The molecule has 0 bridgehead atoms. The fraction of sp³-hybridized carbons (Fsp3) is 0.542. The summed E-state index contributed by atoms with van der Waals surface area (Å²) in [5.41, 5.74) is 14.3. The second-order valence-corrected chi connectivity index (χ2v) is 15.8. The zero-order chi connectivity index (χ0) is 43.0. The lowest BCUT2D eigenvalue weighted by molar-refractivity contribution is -0.0987. The van der Waals surface area contributed by atoms with Crippen molar-refractivity contribution >= 4 is 30.2 Å². The van der Waals surface area contributed by atoms with Gasteiger partial charge in [0.2, 0.25) is 0 Å². The molecule has 8 heteroatoms. The highest BCUT2D eigenvalue weighted by Gasteiger charge is 2.35. The maximum Gasteiger partial charge on any atom is 0.106 e. The van der Waals surface area contributed by atoms with Crippen molar-refractivity contribution < 1.29 is 9.59 Å². The molecule has 0 radical (unpaired) electrons. The Hall–Kier alpha value is -4.64. The number of aryl methyl sites for hydroxylation is 3. The van der Waals surface area contributed by atoms with Gasteiger partial charge in [-0.3, -0.25) is 4.99 Å². The first-order chi connectivity index (χ1) is 26.6. The first kappa shape index (κ1) is 51.4. The van der Waals surface area contributed by atoms with E-state index in [1.54, 1.807) is 6.04 Å². The number of rotatable bonds is 6. The van der Waals surface area contributed by atoms with E-state index >= 15 is 0 Å². The number of hydrogen-bond donors (Lipinski definition) is 3. The molecule has 2 saturated carbocycles. The maximum atomic E-state index is 8.00. The van der Waals surface area contributed by atoms with Gasteiger partial charge in [0.15, 0.2) is 0 Å². The normalized spacial score (nSPS) is 20.6. The first-order valence-electron chi connectivity index (χ1n) is 20.3. The largest absolute Gasteiger partial charge is 0.384 e. The number of nitrogens with two attached hydrogens (primary N) is 1. The lowest BCUT2D eigenvalue weighted by Crippen LogP contribution is -2.40. The van der Waals surface area contributed by atoms with Gasteiger partial charge in [-0.1, -0.05) is 97.9 Å². The van der Waals surface area contributed by atoms with Crippen molar-refractivity contribution in [2.24, 2.45) is 28.0 Å². The Labute approximate surface area is 341 Å². The van der Waals surface area contributed by atoms with Crippen LogP contribution in [0, 0.1) is 43.6 Å². The molecule has 8 nitrogen and oxygen atoms in total. The smallest absolute Gasteiger partial charge is 0.106 e. The molecule has 2 unspecified atom stereocenters. The zero-order valence-corrected chi connectivity index (χ0v) is 37.0. The Morgan fingerprint density at radius 3 is 2.25 bits per heavy atom. The summed E-state index contributed by atoms with van der Waals surface area (Å²) in [4.78, 5) is 28.0. The summed E-state index contributed by atoms with van der Waals surface area (Å²) >= 11 is 0. The number of aliphatic imine (C=N–C) groups is 1. The highest BCUT2D eigenvalue weighted by Crippen LogP contribution is 2.43. The molecule has 310 valence electrons. The van der Waals surface area contributed by atoms with Crippen molar-refractivity contribution in [1.29, 1.82) is 0 Å². The molecule has 2 aromatic rings. The topological polar surface area (TPSA) is 113 Å². The minimum atomic E-state index is 0.276. The van der Waals surface area contributed by atoms with Crippen molar-refractivity contribution in [2.45, 2.75) is 139 Å². The molecular weight excluding hydrogens is 693 g/mol. The van der Waals surface area contributed by atoms with Crippen LogP contribution in [0.1, 0.15) is 129 Å². The zero-order valence-electron chi connectivity index (χ0n) is 37.0. The van der Waals surface area contributed by atoms with Crippen molar-refractivity contribution in [2.75, 3.05) is 13.6 Å². The summed E-state index contributed by atoms with van der Waals surface area (Å²) in [6.07, 6.45) is 22.3. The molecule has 2 fully saturated rings. The number of carbonyl (C=O) groups is 2. The van der Waals surface area contributed by atoms with Crippen LogP contribution in [0.4, 0.5) is 0 Å². The van der Waals surface area contributed by atoms with Crippen molar-refractivity contribution in [1.82, 2.24) is 20.5 Å². The van der Waals surface area contributed by atoms with Gasteiger partial charge in [-0.05, 0) is 125 Å². The number of nitrogens with zero attached hydrogens (tertiary/aromatic N) is 3. The highest BCUT2D eigenvalue weighted by molar-refractivity contribution is 6.00. The van der Waals surface area contributed by atoms with Gasteiger partial charge in [-0.2, -0.15) is 0 Å². The summed E-state index contributed by atoms with van der Waals surface area (Å²) in [7, 11) is 2.12. The van der Waals surface area contributed by atoms with Gasteiger partial charge < -0.3 is 30.9 Å². The van der Waals surface area contributed by atoms with E-state index in [-0.39, 0.29) is 6.04 Å². The second kappa shape index (κ2) is 27.0. The summed E-state index contributed by atoms with van der Waals surface area (Å²) < 4.78 is 0. The molecule has 56 heavy (non-hydrogen) atoms. The van der Waals surface area contributed by atoms with Crippen molar-refractivity contribution in [3.8, 4) is 12.5 Å². The molecule has 1 aromatic carbocycles. The van der Waals surface area contributed by atoms with Crippen LogP contribution >= 0.6 is 0 Å². The third-order valence-electron chi connectivity index (χ3n) is 10.2. The molecule has 0 saturated heterocycles. The number of pyridine rings is 1. The summed E-state index contributed by atoms with van der Waals surface area (Å²) in [5, 5.41) is 8.41. The van der Waals surface area contributed by atoms with Crippen molar-refractivity contribution in [3.05, 3.63) is 89.2 Å². The number of carbonyl (C=O) groups excluding carboxylic acids is 2. The first-order valence-corrected chi connectivity index (χ1v) is 20.3. The van der Waals surface area contributed by atoms with Gasteiger partial charge in [0.05, 0.1) is 28.8 Å². The van der Waals surface area contributed by atoms with E-state index in [0.717, 1.165) is 65.4 Å². The van der Waals surface area contributed by atoms with Crippen LogP contribution in [0.2, 0.25) is 0 Å². The van der Waals surface area contributed by atoms with Gasteiger partial charge >= 0.3 is 0 Å². The van der Waals surface area contributed by atoms with E-state index in [4.69, 9.17) is 19.6 Å². The van der Waals surface area contributed by atoms with E-state index in [2.05, 4.69) is 147 Å². The van der Waals surface area contributed by atoms with E-state index in [1.165, 1.54) is 60.6 Å². The van der Waals surface area contributed by atoms with E-state index in [9.17, 15) is 0 Å². The minimum absolute atomic E-state index is 0.276. The predicted molar refractivity (Wildman–Crippen MR) is 242 cm³/mol. The molecule has 0 spiro atoms. The minimum Gasteiger partial charge on any atom is -0.384 e.